The lowest BCUT2D eigenvalue weighted by molar-refractivity contribution is 0.111. The monoisotopic (exact) mass is 298 g/mol. The number of nitrogens with zero attached hydrogens (tertiary/aromatic N) is 2. The molecule has 2 aromatic heterocycles. The Hall–Kier alpha value is -2.40. The van der Waals surface area contributed by atoms with Crippen molar-refractivity contribution in [3.8, 4) is 17.0 Å². The van der Waals surface area contributed by atoms with Crippen LogP contribution in [0.3, 0.4) is 0 Å². The summed E-state index contributed by atoms with van der Waals surface area (Å²) in [4.78, 5) is 16.1. The number of hydrogen-bond donors (Lipinski definition) is 0. The third kappa shape index (κ3) is 2.60. The van der Waals surface area contributed by atoms with Gasteiger partial charge in [-0.3, -0.25) is 9.20 Å². The number of ether oxygens (including phenoxy) is 1. The van der Waals surface area contributed by atoms with Crippen LogP contribution in [-0.4, -0.2) is 22.3 Å². The Balaban J connectivity index is 1.93. The molecule has 0 fully saturated rings. The number of carbonyl (C=O) groups is 1. The van der Waals surface area contributed by atoms with Gasteiger partial charge in [0.15, 0.2) is 11.2 Å². The average molecular weight is 298 g/mol. The molecule has 5 heteroatoms. The summed E-state index contributed by atoms with van der Waals surface area (Å²) in [5.74, 6) is 0.800. The molecule has 0 aliphatic heterocycles. The van der Waals surface area contributed by atoms with Crippen LogP contribution in [0.15, 0.2) is 48.0 Å². The zero-order valence-corrected chi connectivity index (χ0v) is 12.4. The zero-order valence-electron chi connectivity index (χ0n) is 11.6. The molecule has 3 rings (SSSR count). The van der Waals surface area contributed by atoms with Crippen molar-refractivity contribution < 1.29 is 9.53 Å². The van der Waals surface area contributed by atoms with Gasteiger partial charge >= 0.3 is 0 Å². The number of fused-ring (bicyclic) bond motifs is 1. The molecule has 0 aliphatic rings. The molecule has 2 heterocycles. The van der Waals surface area contributed by atoms with Crippen LogP contribution in [0.1, 0.15) is 17.4 Å². The second kappa shape index (κ2) is 5.54. The molecule has 0 atom stereocenters. The zero-order chi connectivity index (χ0) is 14.8. The molecule has 0 radical (unpaired) electrons. The van der Waals surface area contributed by atoms with Crippen LogP contribution in [0.25, 0.3) is 16.2 Å². The molecule has 1 aromatic carbocycles. The van der Waals surface area contributed by atoms with Crippen molar-refractivity contribution in [3.05, 3.63) is 53.7 Å². The Morgan fingerprint density at radius 3 is 2.86 bits per heavy atom. The Morgan fingerprint density at radius 1 is 1.43 bits per heavy atom. The summed E-state index contributed by atoms with van der Waals surface area (Å²) in [5.41, 5.74) is 3.52. The minimum absolute atomic E-state index is 0.513. The fourth-order valence-electron chi connectivity index (χ4n) is 2.04. The average Bonchev–Trinajstić information content (AvgIpc) is 3.07. The van der Waals surface area contributed by atoms with E-state index < -0.39 is 0 Å². The molecule has 0 bridgehead atoms. The van der Waals surface area contributed by atoms with Crippen molar-refractivity contribution in [3.63, 3.8) is 0 Å². The highest BCUT2D eigenvalue weighted by molar-refractivity contribution is 7.15. The summed E-state index contributed by atoms with van der Waals surface area (Å²) in [5, 5.41) is 2.00. The minimum atomic E-state index is 0.513. The second-order valence-electron chi connectivity index (χ2n) is 4.81. The van der Waals surface area contributed by atoms with Gasteiger partial charge in [-0.25, -0.2) is 4.98 Å². The van der Waals surface area contributed by atoms with Gasteiger partial charge in [-0.1, -0.05) is 6.58 Å². The Bertz CT molecular complexity index is 799. The van der Waals surface area contributed by atoms with Gasteiger partial charge in [0.25, 0.3) is 0 Å². The third-order valence-electron chi connectivity index (χ3n) is 3.03. The Morgan fingerprint density at radius 2 is 2.19 bits per heavy atom. The van der Waals surface area contributed by atoms with Crippen LogP contribution >= 0.6 is 11.3 Å². The van der Waals surface area contributed by atoms with Gasteiger partial charge in [-0.05, 0) is 42.3 Å². The molecule has 0 saturated heterocycles. The van der Waals surface area contributed by atoms with E-state index in [1.807, 2.05) is 41.0 Å². The number of benzene rings is 1. The topological polar surface area (TPSA) is 43.6 Å². The maximum absolute atomic E-state index is 11.1. The van der Waals surface area contributed by atoms with Crippen LogP contribution in [0.4, 0.5) is 0 Å². The van der Waals surface area contributed by atoms with Gasteiger partial charge in [-0.15, -0.1) is 11.3 Å². The van der Waals surface area contributed by atoms with E-state index in [0.29, 0.717) is 12.3 Å². The molecule has 0 amide bonds. The van der Waals surface area contributed by atoms with Crippen molar-refractivity contribution >= 4 is 22.6 Å². The molecule has 3 aromatic rings. The highest BCUT2D eigenvalue weighted by Gasteiger charge is 2.11. The van der Waals surface area contributed by atoms with Gasteiger partial charge in [0, 0.05) is 5.38 Å². The van der Waals surface area contributed by atoms with E-state index in [1.165, 1.54) is 11.3 Å². The van der Waals surface area contributed by atoms with Crippen LogP contribution < -0.4 is 4.74 Å². The van der Waals surface area contributed by atoms with E-state index in [1.54, 1.807) is 6.20 Å². The van der Waals surface area contributed by atoms with Crippen LogP contribution in [-0.2, 0) is 0 Å². The number of aldehydes is 1. The van der Waals surface area contributed by atoms with Gasteiger partial charge < -0.3 is 4.74 Å². The van der Waals surface area contributed by atoms with Crippen molar-refractivity contribution in [2.24, 2.45) is 0 Å². The number of hydrogen-bond acceptors (Lipinski definition) is 4. The van der Waals surface area contributed by atoms with Gasteiger partial charge in [0.2, 0.25) is 0 Å². The van der Waals surface area contributed by atoms with E-state index in [4.69, 9.17) is 4.74 Å². The molecular formula is C16H14N2O2S. The first kappa shape index (κ1) is 13.6. The number of imidazole rings is 1. The fraction of sp³-hybridized carbons (Fsp3) is 0.125. The van der Waals surface area contributed by atoms with Gasteiger partial charge in [0.05, 0.1) is 11.9 Å². The van der Waals surface area contributed by atoms with Crippen LogP contribution in [0.2, 0.25) is 0 Å². The normalized spacial score (nSPS) is 10.7. The van der Waals surface area contributed by atoms with E-state index in [0.717, 1.165) is 33.8 Å². The largest absolute Gasteiger partial charge is 0.489 e. The molecule has 106 valence electrons. The fourth-order valence-corrected chi connectivity index (χ4v) is 2.92. The quantitative estimate of drug-likeness (QED) is 0.531. The molecule has 0 saturated carbocycles. The first-order chi connectivity index (χ1) is 10.2. The maximum Gasteiger partial charge on any atom is 0.194 e. The lowest BCUT2D eigenvalue weighted by Crippen LogP contribution is -1.97. The summed E-state index contributed by atoms with van der Waals surface area (Å²) in [6.45, 7) is 6.25. The summed E-state index contributed by atoms with van der Waals surface area (Å²) < 4.78 is 7.45. The predicted octanol–water partition coefficient (Wildman–Crippen LogP) is 3.83. The number of thiazole rings is 1. The lowest BCUT2D eigenvalue weighted by Gasteiger charge is -2.07. The van der Waals surface area contributed by atoms with Crippen molar-refractivity contribution in [2.75, 3.05) is 6.61 Å². The van der Waals surface area contributed by atoms with E-state index in [2.05, 4.69) is 11.6 Å². The van der Waals surface area contributed by atoms with Crippen LogP contribution in [0, 0.1) is 0 Å². The van der Waals surface area contributed by atoms with Crippen LogP contribution in [0.5, 0.6) is 5.75 Å². The molecule has 4 nitrogen and oxygen atoms in total. The Labute approximate surface area is 126 Å². The molecule has 0 unspecified atom stereocenters. The Kier molecular flexibility index (Phi) is 3.58. The predicted molar refractivity (Wildman–Crippen MR) is 84.2 cm³/mol. The van der Waals surface area contributed by atoms with Gasteiger partial charge in [0.1, 0.15) is 18.1 Å². The summed E-state index contributed by atoms with van der Waals surface area (Å²) in [6.07, 6.45) is 2.41. The maximum atomic E-state index is 11.1. The lowest BCUT2D eigenvalue weighted by atomic mass is 10.1. The highest BCUT2D eigenvalue weighted by atomic mass is 32.1. The highest BCUT2D eigenvalue weighted by Crippen LogP contribution is 2.28. The van der Waals surface area contributed by atoms with Crippen molar-refractivity contribution in [1.29, 1.82) is 0 Å². The second-order valence-corrected chi connectivity index (χ2v) is 5.65. The molecule has 0 aliphatic carbocycles. The molecule has 21 heavy (non-hydrogen) atoms. The first-order valence-electron chi connectivity index (χ1n) is 6.47. The summed E-state index contributed by atoms with van der Waals surface area (Å²) >= 11 is 1.51. The number of rotatable bonds is 5. The van der Waals surface area contributed by atoms with E-state index >= 15 is 0 Å². The number of carbonyl (C=O) groups excluding carboxylic acids is 1. The number of aromatic nitrogens is 2. The van der Waals surface area contributed by atoms with Crippen molar-refractivity contribution in [1.82, 2.24) is 9.38 Å². The SMILES string of the molecule is C=C(C)COc1ccc(-c2csc3ncc(C=O)n23)cc1. The molecule has 0 spiro atoms. The molecular weight excluding hydrogens is 284 g/mol. The van der Waals surface area contributed by atoms with E-state index in [9.17, 15) is 4.79 Å². The molecule has 0 N–H and O–H groups in total. The third-order valence-corrected chi connectivity index (χ3v) is 3.87. The summed E-state index contributed by atoms with van der Waals surface area (Å²) in [7, 11) is 0. The van der Waals surface area contributed by atoms with E-state index in [-0.39, 0.29) is 0 Å². The van der Waals surface area contributed by atoms with Crippen molar-refractivity contribution in [2.45, 2.75) is 6.92 Å². The smallest absolute Gasteiger partial charge is 0.194 e. The first-order valence-corrected chi connectivity index (χ1v) is 7.35. The minimum Gasteiger partial charge on any atom is -0.489 e. The summed E-state index contributed by atoms with van der Waals surface area (Å²) in [6, 6.07) is 7.78. The van der Waals surface area contributed by atoms with Gasteiger partial charge in [-0.2, -0.15) is 0 Å². The standard InChI is InChI=1S/C16H14N2O2S/c1-11(2)9-20-14-5-3-12(4-6-14)15-10-21-16-17-7-13(8-19)18(15)16/h3-8,10H,1,9H2,2H3.